The molecule has 0 radical (unpaired) electrons. The third-order valence-corrected chi connectivity index (χ3v) is 3.45. The summed E-state index contributed by atoms with van der Waals surface area (Å²) in [5.41, 5.74) is -5.97. The second-order valence-electron chi connectivity index (χ2n) is 5.10. The number of hydrogen-bond donors (Lipinski definition) is 1. The summed E-state index contributed by atoms with van der Waals surface area (Å²) in [7, 11) is 0. The second-order valence-corrected chi connectivity index (χ2v) is 5.10. The molecule has 5 nitrogen and oxygen atoms in total. The van der Waals surface area contributed by atoms with Crippen LogP contribution in [0.1, 0.15) is 27.2 Å². The summed E-state index contributed by atoms with van der Waals surface area (Å²) >= 11 is 0. The highest BCUT2D eigenvalue weighted by molar-refractivity contribution is 5.98. The van der Waals surface area contributed by atoms with Gasteiger partial charge in [-0.3, -0.25) is 0 Å². The smallest absolute Gasteiger partial charge is 0.431 e. The monoisotopic (exact) mass is 389 g/mol. The number of alkyl halides is 6. The van der Waals surface area contributed by atoms with Gasteiger partial charge in [-0.25, -0.2) is 9.59 Å². The molecule has 0 atom stereocenters. The van der Waals surface area contributed by atoms with E-state index < -0.39 is 52.7 Å². The van der Waals surface area contributed by atoms with Gasteiger partial charge in [-0.2, -0.15) is 26.3 Å². The Morgan fingerprint density at radius 2 is 1.19 bits per heavy atom. The van der Waals surface area contributed by atoms with E-state index in [0.717, 1.165) is 0 Å². The lowest BCUT2D eigenvalue weighted by molar-refractivity contribution is -0.144. The van der Waals surface area contributed by atoms with Crippen LogP contribution in [0, 0.1) is 5.92 Å². The normalized spacial score (nSPS) is 16.5. The largest absolute Gasteiger partial charge is 0.463 e. The molecule has 0 spiro atoms. The van der Waals surface area contributed by atoms with Crippen molar-refractivity contribution in [2.75, 3.05) is 13.2 Å². The summed E-state index contributed by atoms with van der Waals surface area (Å²) in [5.74, 6) is -4.70. The highest BCUT2D eigenvalue weighted by Crippen LogP contribution is 2.43. The van der Waals surface area contributed by atoms with Crippen LogP contribution in [0.15, 0.2) is 22.5 Å². The van der Waals surface area contributed by atoms with Crippen molar-refractivity contribution in [3.8, 4) is 0 Å². The summed E-state index contributed by atoms with van der Waals surface area (Å²) in [6.07, 6.45) is -11.0. The van der Waals surface area contributed by atoms with Crippen molar-refractivity contribution in [3.63, 3.8) is 0 Å². The van der Waals surface area contributed by atoms with Crippen molar-refractivity contribution in [1.29, 1.82) is 0 Å². The summed E-state index contributed by atoms with van der Waals surface area (Å²) in [6.45, 7) is 3.30. The van der Waals surface area contributed by atoms with E-state index >= 15 is 0 Å². The van der Waals surface area contributed by atoms with Gasteiger partial charge in [0.1, 0.15) is 11.4 Å². The minimum Gasteiger partial charge on any atom is -0.463 e. The Morgan fingerprint density at radius 1 is 0.846 bits per heavy atom. The van der Waals surface area contributed by atoms with E-state index in [2.05, 4.69) is 9.47 Å². The molecule has 0 saturated carbocycles. The Balaban J connectivity index is 3.72. The number of halogens is 6. The molecule has 1 heterocycles. The molecule has 0 saturated heterocycles. The first-order valence-electron chi connectivity index (χ1n) is 7.63. The lowest BCUT2D eigenvalue weighted by Crippen LogP contribution is -2.43. The predicted octanol–water partition coefficient (Wildman–Crippen LogP) is 3.37. The van der Waals surface area contributed by atoms with Crippen LogP contribution in [-0.4, -0.2) is 37.5 Å². The van der Waals surface area contributed by atoms with E-state index in [1.54, 1.807) is 0 Å². The van der Waals surface area contributed by atoms with Gasteiger partial charge in [0.25, 0.3) is 0 Å². The molecule has 0 fully saturated rings. The first kappa shape index (κ1) is 21.8. The zero-order valence-corrected chi connectivity index (χ0v) is 14.1. The molecule has 148 valence electrons. The van der Waals surface area contributed by atoms with Crippen LogP contribution >= 0.6 is 0 Å². The third-order valence-electron chi connectivity index (χ3n) is 3.45. The van der Waals surface area contributed by atoms with Crippen LogP contribution in [0.2, 0.25) is 0 Å². The maximum absolute atomic E-state index is 13.3. The van der Waals surface area contributed by atoms with Crippen LogP contribution in [0.5, 0.6) is 0 Å². The number of carbonyl (C=O) groups is 2. The van der Waals surface area contributed by atoms with Crippen molar-refractivity contribution in [2.24, 2.45) is 5.92 Å². The zero-order chi connectivity index (χ0) is 20.3. The minimum atomic E-state index is -5.30. The fourth-order valence-electron chi connectivity index (χ4n) is 2.51. The summed E-state index contributed by atoms with van der Waals surface area (Å²) in [5, 5.41) is 1.18. The lowest BCUT2D eigenvalue weighted by Gasteiger charge is -2.32. The highest BCUT2D eigenvalue weighted by atomic mass is 19.4. The van der Waals surface area contributed by atoms with Crippen LogP contribution in [0.4, 0.5) is 26.3 Å². The van der Waals surface area contributed by atoms with Gasteiger partial charge in [0, 0.05) is 5.92 Å². The van der Waals surface area contributed by atoms with E-state index in [0.29, 0.717) is 0 Å². The summed E-state index contributed by atoms with van der Waals surface area (Å²) in [4.78, 5) is 24.1. The van der Waals surface area contributed by atoms with Gasteiger partial charge in [-0.15, -0.1) is 0 Å². The van der Waals surface area contributed by atoms with Crippen LogP contribution < -0.4 is 5.32 Å². The van der Waals surface area contributed by atoms with Gasteiger partial charge in [0.2, 0.25) is 0 Å². The van der Waals surface area contributed by atoms with E-state index in [1.165, 1.54) is 26.1 Å². The molecule has 0 bridgehead atoms. The number of rotatable bonds is 5. The van der Waals surface area contributed by atoms with Gasteiger partial charge in [-0.1, -0.05) is 6.92 Å². The Morgan fingerprint density at radius 3 is 1.42 bits per heavy atom. The first-order chi connectivity index (χ1) is 11.9. The van der Waals surface area contributed by atoms with Gasteiger partial charge in [0.05, 0.1) is 24.4 Å². The molecule has 0 aliphatic carbocycles. The Labute approximate surface area is 145 Å². The molecular formula is C15H17F6NO4. The minimum absolute atomic E-state index is 0.297. The van der Waals surface area contributed by atoms with Crippen molar-refractivity contribution >= 4 is 11.9 Å². The lowest BCUT2D eigenvalue weighted by atomic mass is 9.82. The van der Waals surface area contributed by atoms with Crippen LogP contribution in [-0.2, 0) is 19.1 Å². The van der Waals surface area contributed by atoms with E-state index in [1.807, 2.05) is 0 Å². The Kier molecular flexibility index (Phi) is 6.72. The number of hydrogen-bond acceptors (Lipinski definition) is 5. The van der Waals surface area contributed by atoms with Crippen molar-refractivity contribution in [2.45, 2.75) is 39.5 Å². The van der Waals surface area contributed by atoms with E-state index in [4.69, 9.17) is 0 Å². The first-order valence-corrected chi connectivity index (χ1v) is 7.63. The van der Waals surface area contributed by atoms with Gasteiger partial charge >= 0.3 is 24.3 Å². The van der Waals surface area contributed by atoms with Gasteiger partial charge < -0.3 is 14.8 Å². The quantitative estimate of drug-likeness (QED) is 0.577. The number of allylic oxidation sites excluding steroid dienone is 2. The van der Waals surface area contributed by atoms with Crippen LogP contribution in [0.25, 0.3) is 0 Å². The number of nitrogens with one attached hydrogen (secondary N) is 1. The molecule has 0 aromatic carbocycles. The molecule has 11 heteroatoms. The molecule has 0 aromatic heterocycles. The number of dihydropyridines is 1. The molecule has 1 rings (SSSR count). The van der Waals surface area contributed by atoms with Crippen LogP contribution in [0.3, 0.4) is 0 Å². The Hall–Kier alpha value is -2.20. The predicted molar refractivity (Wildman–Crippen MR) is 76.3 cm³/mol. The molecule has 1 aliphatic heterocycles. The third kappa shape index (κ3) is 4.50. The standard InChI is InChI=1S/C15H17F6NO4/c1-4-7-8(12(23)25-5-2)10(14(16,17)18)22-11(15(19,20)21)9(7)13(24)26-6-3/h7,22H,4-6H2,1-3H3. The highest BCUT2D eigenvalue weighted by Gasteiger charge is 2.52. The molecule has 0 unspecified atom stereocenters. The molecule has 1 N–H and O–H groups in total. The molecule has 1 aliphatic rings. The van der Waals surface area contributed by atoms with Crippen molar-refractivity contribution < 1.29 is 45.4 Å². The van der Waals surface area contributed by atoms with Crippen molar-refractivity contribution in [1.82, 2.24) is 5.32 Å². The molecule has 0 aromatic rings. The number of esters is 2. The maximum atomic E-state index is 13.3. The molecule has 0 amide bonds. The number of carbonyl (C=O) groups excluding carboxylic acids is 2. The average molecular weight is 389 g/mol. The summed E-state index contributed by atoms with van der Waals surface area (Å²) < 4.78 is 88.9. The van der Waals surface area contributed by atoms with Crippen molar-refractivity contribution in [3.05, 3.63) is 22.5 Å². The fourth-order valence-corrected chi connectivity index (χ4v) is 2.51. The second kappa shape index (κ2) is 8.00. The van der Waals surface area contributed by atoms with E-state index in [9.17, 15) is 35.9 Å². The van der Waals surface area contributed by atoms with Gasteiger partial charge in [-0.05, 0) is 20.3 Å². The Bertz CT molecular complexity index is 581. The topological polar surface area (TPSA) is 64.6 Å². The zero-order valence-electron chi connectivity index (χ0n) is 14.1. The molecule has 26 heavy (non-hydrogen) atoms. The van der Waals surface area contributed by atoms with Gasteiger partial charge in [0.15, 0.2) is 0 Å². The summed E-state index contributed by atoms with van der Waals surface area (Å²) in [6, 6.07) is 0. The van der Waals surface area contributed by atoms with E-state index in [-0.39, 0.29) is 19.6 Å². The fraction of sp³-hybridized carbons (Fsp3) is 0.600. The SMILES string of the molecule is CCOC(=O)C1=C(C(F)(F)F)NC(C(F)(F)F)=C(C(=O)OCC)C1CC. The average Bonchev–Trinajstić information content (AvgIpc) is 2.51. The maximum Gasteiger partial charge on any atom is 0.431 e. The number of ether oxygens (including phenoxy) is 2. The molecular weight excluding hydrogens is 372 g/mol.